The number of halogens is 2. The molecule has 1 aliphatic heterocycles. The summed E-state index contributed by atoms with van der Waals surface area (Å²) in [6.07, 6.45) is 1.13. The molecule has 1 amide bonds. The van der Waals surface area contributed by atoms with Crippen LogP contribution >= 0.6 is 24.0 Å². The molecule has 26 heavy (non-hydrogen) atoms. The largest absolute Gasteiger partial charge is 0.391 e. The topological polar surface area (TPSA) is 92.1 Å². The normalized spacial score (nSPS) is 19.2. The minimum Gasteiger partial charge on any atom is -0.391 e. The molecule has 7 nitrogen and oxygen atoms in total. The van der Waals surface area contributed by atoms with Crippen molar-refractivity contribution in [3.8, 4) is 5.69 Å². The van der Waals surface area contributed by atoms with E-state index in [4.69, 9.17) is 11.6 Å². The van der Waals surface area contributed by atoms with E-state index in [2.05, 4.69) is 20.7 Å². The predicted octanol–water partition coefficient (Wildman–Crippen LogP) is 1.61. The molecule has 2 heterocycles. The number of nitrogens with zero attached hydrogens (tertiary/aromatic N) is 3. The van der Waals surface area contributed by atoms with E-state index in [-0.39, 0.29) is 30.1 Å². The van der Waals surface area contributed by atoms with Gasteiger partial charge >= 0.3 is 0 Å². The van der Waals surface area contributed by atoms with Gasteiger partial charge < -0.3 is 15.7 Å². The van der Waals surface area contributed by atoms with Gasteiger partial charge in [0.25, 0.3) is 5.91 Å². The fraction of sp³-hybridized carbons (Fsp3) is 0.471. The zero-order chi connectivity index (χ0) is 17.8. The van der Waals surface area contributed by atoms with Crippen molar-refractivity contribution in [3.05, 3.63) is 40.9 Å². The molecule has 0 saturated carbocycles. The molecule has 0 bridgehead atoms. The van der Waals surface area contributed by atoms with Crippen LogP contribution in [0.4, 0.5) is 0 Å². The lowest BCUT2D eigenvalue weighted by Crippen LogP contribution is -2.34. The fourth-order valence-electron chi connectivity index (χ4n) is 2.87. The average Bonchev–Trinajstić information content (AvgIpc) is 3.20. The number of para-hydroxylation sites is 1. The molecule has 0 radical (unpaired) electrons. The molecule has 142 valence electrons. The van der Waals surface area contributed by atoms with Crippen molar-refractivity contribution in [1.29, 1.82) is 0 Å². The second kappa shape index (κ2) is 9.32. The van der Waals surface area contributed by atoms with Crippen LogP contribution in [0.15, 0.2) is 24.3 Å². The molecule has 2 aromatic rings. The highest BCUT2D eigenvalue weighted by atomic mass is 35.5. The Morgan fingerprint density at radius 2 is 2.19 bits per heavy atom. The van der Waals surface area contributed by atoms with Gasteiger partial charge in [-0.15, -0.1) is 17.5 Å². The van der Waals surface area contributed by atoms with Crippen molar-refractivity contribution in [2.45, 2.75) is 25.9 Å². The smallest absolute Gasteiger partial charge is 0.290 e. The maximum atomic E-state index is 12.4. The summed E-state index contributed by atoms with van der Waals surface area (Å²) in [5.74, 6) is 0.471. The number of benzene rings is 1. The second-order valence-corrected chi connectivity index (χ2v) is 6.57. The fourth-order valence-corrected chi connectivity index (χ4v) is 3.09. The summed E-state index contributed by atoms with van der Waals surface area (Å²) >= 11 is 6.26. The Morgan fingerprint density at radius 1 is 1.42 bits per heavy atom. The van der Waals surface area contributed by atoms with Crippen LogP contribution in [0.5, 0.6) is 0 Å². The number of hydrogen-bond acceptors (Lipinski definition) is 5. The molecule has 0 aliphatic carbocycles. The monoisotopic (exact) mass is 399 g/mol. The van der Waals surface area contributed by atoms with Gasteiger partial charge in [0, 0.05) is 32.0 Å². The van der Waals surface area contributed by atoms with Gasteiger partial charge in [-0.1, -0.05) is 30.7 Å². The number of rotatable bonds is 6. The van der Waals surface area contributed by atoms with Crippen LogP contribution in [0.1, 0.15) is 29.8 Å². The van der Waals surface area contributed by atoms with Gasteiger partial charge in [0.1, 0.15) is 5.82 Å². The molecule has 1 aromatic carbocycles. The summed E-state index contributed by atoms with van der Waals surface area (Å²) in [7, 11) is 0. The van der Waals surface area contributed by atoms with Crippen LogP contribution in [0, 0.1) is 5.92 Å². The van der Waals surface area contributed by atoms with E-state index in [1.165, 1.54) is 0 Å². The molecule has 1 saturated heterocycles. The number of amides is 1. The Labute approximate surface area is 163 Å². The van der Waals surface area contributed by atoms with Crippen molar-refractivity contribution < 1.29 is 9.90 Å². The van der Waals surface area contributed by atoms with Crippen LogP contribution < -0.4 is 10.6 Å². The van der Waals surface area contributed by atoms with E-state index in [1.54, 1.807) is 10.7 Å². The van der Waals surface area contributed by atoms with Crippen molar-refractivity contribution in [2.75, 3.05) is 19.6 Å². The van der Waals surface area contributed by atoms with Gasteiger partial charge in [0.2, 0.25) is 5.82 Å². The lowest BCUT2D eigenvalue weighted by Gasteiger charge is -2.12. The highest BCUT2D eigenvalue weighted by Crippen LogP contribution is 2.21. The number of aryl methyl sites for hydroxylation is 1. The highest BCUT2D eigenvalue weighted by molar-refractivity contribution is 6.32. The van der Waals surface area contributed by atoms with Crippen molar-refractivity contribution in [2.24, 2.45) is 5.92 Å². The Morgan fingerprint density at radius 3 is 2.85 bits per heavy atom. The van der Waals surface area contributed by atoms with Gasteiger partial charge in [-0.25, -0.2) is 9.67 Å². The number of hydrogen-bond donors (Lipinski definition) is 3. The molecular formula is C17H23Cl2N5O2. The minimum absolute atomic E-state index is 0. The van der Waals surface area contributed by atoms with E-state index in [1.807, 2.05) is 25.1 Å². The number of β-amino-alcohol motifs (C(OH)–C–C–N with tert-alkyl or cyclic N) is 1. The van der Waals surface area contributed by atoms with Crippen molar-refractivity contribution >= 4 is 29.9 Å². The minimum atomic E-state index is -0.440. The number of nitrogens with one attached hydrogen (secondary N) is 2. The first-order valence-electron chi connectivity index (χ1n) is 8.48. The summed E-state index contributed by atoms with van der Waals surface area (Å²) in [4.78, 5) is 16.8. The number of aliphatic hydroxyl groups excluding tert-OH is 1. The lowest BCUT2D eigenvalue weighted by atomic mass is 10.1. The predicted molar refractivity (Wildman–Crippen MR) is 102 cm³/mol. The van der Waals surface area contributed by atoms with Crippen molar-refractivity contribution in [1.82, 2.24) is 25.4 Å². The molecule has 2 unspecified atom stereocenters. The number of aliphatic hydroxyl groups is 1. The number of aromatic nitrogens is 3. The quantitative estimate of drug-likeness (QED) is 0.685. The lowest BCUT2D eigenvalue weighted by molar-refractivity contribution is 0.0917. The van der Waals surface area contributed by atoms with E-state index < -0.39 is 6.10 Å². The van der Waals surface area contributed by atoms with Crippen LogP contribution in [0.3, 0.4) is 0 Å². The number of carbonyl (C=O) groups excluding carboxylic acids is 1. The molecular weight excluding hydrogens is 377 g/mol. The van der Waals surface area contributed by atoms with E-state index in [9.17, 15) is 9.90 Å². The third-order valence-corrected chi connectivity index (χ3v) is 4.58. The first-order chi connectivity index (χ1) is 12.1. The van der Waals surface area contributed by atoms with Crippen LogP contribution in [0.2, 0.25) is 5.02 Å². The van der Waals surface area contributed by atoms with Gasteiger partial charge in [-0.2, -0.15) is 0 Å². The molecule has 0 spiro atoms. The first kappa shape index (κ1) is 20.6. The molecule has 1 aliphatic rings. The van der Waals surface area contributed by atoms with Crippen LogP contribution in [-0.4, -0.2) is 51.5 Å². The third kappa shape index (κ3) is 4.54. The molecule has 2 atom stereocenters. The SMILES string of the molecule is CCCc1nc(C(=O)NCC2CNCC2O)nn1-c1ccccc1Cl.Cl. The third-order valence-electron chi connectivity index (χ3n) is 4.26. The van der Waals surface area contributed by atoms with Gasteiger partial charge in [-0.3, -0.25) is 4.79 Å². The van der Waals surface area contributed by atoms with Crippen LogP contribution in [-0.2, 0) is 6.42 Å². The maximum absolute atomic E-state index is 12.4. The Hall–Kier alpha value is -1.67. The maximum Gasteiger partial charge on any atom is 0.290 e. The van der Waals surface area contributed by atoms with Crippen LogP contribution in [0.25, 0.3) is 5.69 Å². The highest BCUT2D eigenvalue weighted by Gasteiger charge is 2.26. The van der Waals surface area contributed by atoms with Gasteiger partial charge in [-0.05, 0) is 18.6 Å². The Kier molecular flexibility index (Phi) is 7.40. The Bertz CT molecular complexity index is 753. The summed E-state index contributed by atoms with van der Waals surface area (Å²) in [6, 6.07) is 7.34. The van der Waals surface area contributed by atoms with E-state index >= 15 is 0 Å². The van der Waals surface area contributed by atoms with E-state index in [0.29, 0.717) is 42.6 Å². The van der Waals surface area contributed by atoms with Gasteiger partial charge in [0.05, 0.1) is 16.8 Å². The zero-order valence-electron chi connectivity index (χ0n) is 14.5. The molecule has 1 fully saturated rings. The molecule has 9 heteroatoms. The zero-order valence-corrected chi connectivity index (χ0v) is 16.1. The summed E-state index contributed by atoms with van der Waals surface area (Å²) < 4.78 is 1.63. The first-order valence-corrected chi connectivity index (χ1v) is 8.85. The summed E-state index contributed by atoms with van der Waals surface area (Å²) in [6.45, 7) is 3.67. The second-order valence-electron chi connectivity index (χ2n) is 6.16. The number of carbonyl (C=O) groups is 1. The van der Waals surface area contributed by atoms with Gasteiger partial charge in [0.15, 0.2) is 0 Å². The van der Waals surface area contributed by atoms with E-state index in [0.717, 1.165) is 6.42 Å². The molecule has 1 aromatic heterocycles. The summed E-state index contributed by atoms with van der Waals surface area (Å²) in [5, 5.41) is 20.6. The standard InChI is InChI=1S/C17H22ClN5O2.ClH/c1-2-5-15-21-16(17(25)20-9-11-8-19-10-14(11)24)22-23(15)13-7-4-3-6-12(13)18;/h3-4,6-7,11,14,19,24H,2,5,8-10H2,1H3,(H,20,25);1H. The Balaban J connectivity index is 0.00000243. The molecule has 3 rings (SSSR count). The van der Waals surface area contributed by atoms with Crippen molar-refractivity contribution in [3.63, 3.8) is 0 Å². The molecule has 3 N–H and O–H groups in total. The summed E-state index contributed by atoms with van der Waals surface area (Å²) in [5.41, 5.74) is 0.703. The average molecular weight is 400 g/mol.